The molecule has 0 spiro atoms. The fraction of sp³-hybridized carbons (Fsp3) is 0.400. The summed E-state index contributed by atoms with van der Waals surface area (Å²) < 4.78 is 11.8. The van der Waals surface area contributed by atoms with Gasteiger partial charge in [-0.1, -0.05) is 31.1 Å². The van der Waals surface area contributed by atoms with Crippen LogP contribution in [0, 0.1) is 4.64 Å². The Balaban J connectivity index is 1.56. The van der Waals surface area contributed by atoms with Crippen LogP contribution in [-0.2, 0) is 5.41 Å². The van der Waals surface area contributed by atoms with Crippen LogP contribution in [0.15, 0.2) is 36.5 Å². The summed E-state index contributed by atoms with van der Waals surface area (Å²) in [5.41, 5.74) is 1.65. The maximum Gasteiger partial charge on any atom is 0.254 e. The zero-order valence-electron chi connectivity index (χ0n) is 14.5. The molecule has 2 aliphatic rings. The van der Waals surface area contributed by atoms with Crippen LogP contribution in [0.25, 0.3) is 0 Å². The first kappa shape index (κ1) is 17.1. The molecule has 6 heteroatoms. The molecule has 1 aliphatic heterocycles. The summed E-state index contributed by atoms with van der Waals surface area (Å²) in [6.45, 7) is 1.76. The first-order valence-electron chi connectivity index (χ1n) is 9.04. The molecule has 1 aromatic carbocycles. The van der Waals surface area contributed by atoms with E-state index in [1.165, 1.54) is 5.56 Å². The van der Waals surface area contributed by atoms with Crippen LogP contribution >= 0.6 is 12.2 Å². The number of hydrogen-bond donors (Lipinski definition) is 2. The predicted molar refractivity (Wildman–Crippen MR) is 102 cm³/mol. The van der Waals surface area contributed by atoms with E-state index in [-0.39, 0.29) is 11.3 Å². The van der Waals surface area contributed by atoms with Crippen molar-refractivity contribution in [3.8, 4) is 11.5 Å². The molecule has 26 heavy (non-hydrogen) atoms. The lowest BCUT2D eigenvalue weighted by atomic mass is 9.78. The molecule has 2 heterocycles. The summed E-state index contributed by atoms with van der Waals surface area (Å²) in [5.74, 6) is 1.47. The van der Waals surface area contributed by atoms with Crippen LogP contribution < -0.4 is 14.8 Å². The van der Waals surface area contributed by atoms with Gasteiger partial charge in [-0.15, -0.1) is 0 Å². The average molecular weight is 370 g/mol. The number of carbonyl (C=O) groups excluding carboxylic acids is 1. The van der Waals surface area contributed by atoms with Gasteiger partial charge >= 0.3 is 0 Å². The number of aromatic nitrogens is 1. The third kappa shape index (κ3) is 3.21. The Kier molecular flexibility index (Phi) is 4.68. The third-order valence-corrected chi connectivity index (χ3v) is 5.70. The lowest BCUT2D eigenvalue weighted by Crippen LogP contribution is -2.39. The van der Waals surface area contributed by atoms with E-state index in [1.807, 2.05) is 6.07 Å². The number of carbonyl (C=O) groups is 1. The minimum atomic E-state index is -0.129. The van der Waals surface area contributed by atoms with Gasteiger partial charge in [0.2, 0.25) is 0 Å². The fourth-order valence-corrected chi connectivity index (χ4v) is 4.17. The SMILES string of the molecule is O=C(NCC1(c2ccc3c(c2)OCCO3)CCCC1)c1ccc[nH]c1=S. The number of hydrogen-bond acceptors (Lipinski definition) is 4. The number of amides is 1. The second kappa shape index (κ2) is 7.11. The smallest absolute Gasteiger partial charge is 0.254 e. The number of aromatic amines is 1. The molecule has 0 bridgehead atoms. The molecule has 0 saturated heterocycles. The Morgan fingerprint density at radius 2 is 1.92 bits per heavy atom. The van der Waals surface area contributed by atoms with E-state index in [0.29, 0.717) is 30.0 Å². The molecule has 1 amide bonds. The number of pyridine rings is 1. The van der Waals surface area contributed by atoms with E-state index in [0.717, 1.165) is 37.2 Å². The molecule has 0 radical (unpaired) electrons. The van der Waals surface area contributed by atoms with E-state index < -0.39 is 0 Å². The Morgan fingerprint density at radius 1 is 1.15 bits per heavy atom. The lowest BCUT2D eigenvalue weighted by molar-refractivity contribution is 0.0942. The van der Waals surface area contributed by atoms with Crippen LogP contribution in [-0.4, -0.2) is 30.6 Å². The summed E-state index contributed by atoms with van der Waals surface area (Å²) in [6, 6.07) is 9.72. The Morgan fingerprint density at radius 3 is 2.69 bits per heavy atom. The minimum absolute atomic E-state index is 0.0639. The molecule has 136 valence electrons. The van der Waals surface area contributed by atoms with Gasteiger partial charge in [0, 0.05) is 18.2 Å². The average Bonchev–Trinajstić information content (AvgIpc) is 3.16. The van der Waals surface area contributed by atoms with Crippen LogP contribution in [0.2, 0.25) is 0 Å². The number of rotatable bonds is 4. The maximum atomic E-state index is 12.6. The molecule has 2 aromatic rings. The highest BCUT2D eigenvalue weighted by Gasteiger charge is 2.37. The molecular formula is C20H22N2O3S. The van der Waals surface area contributed by atoms with E-state index in [1.54, 1.807) is 18.3 Å². The summed E-state index contributed by atoms with van der Waals surface area (Å²) >= 11 is 5.22. The molecule has 0 unspecified atom stereocenters. The summed E-state index contributed by atoms with van der Waals surface area (Å²) in [4.78, 5) is 15.5. The van der Waals surface area contributed by atoms with Crippen LogP contribution in [0.4, 0.5) is 0 Å². The number of H-pyrrole nitrogens is 1. The molecule has 1 aliphatic carbocycles. The Labute approximate surface area is 157 Å². The minimum Gasteiger partial charge on any atom is -0.486 e. The highest BCUT2D eigenvalue weighted by atomic mass is 32.1. The Hall–Kier alpha value is -2.34. The zero-order valence-corrected chi connectivity index (χ0v) is 15.4. The first-order valence-corrected chi connectivity index (χ1v) is 9.45. The van der Waals surface area contributed by atoms with Crippen molar-refractivity contribution in [3.63, 3.8) is 0 Å². The number of nitrogens with one attached hydrogen (secondary N) is 2. The second-order valence-corrected chi connectivity index (χ2v) is 7.35. The van der Waals surface area contributed by atoms with Gasteiger partial charge in [-0.05, 0) is 42.7 Å². The largest absolute Gasteiger partial charge is 0.486 e. The molecular weight excluding hydrogens is 348 g/mol. The zero-order chi connectivity index (χ0) is 18.0. The lowest BCUT2D eigenvalue weighted by Gasteiger charge is -2.31. The quantitative estimate of drug-likeness (QED) is 0.805. The summed E-state index contributed by atoms with van der Waals surface area (Å²) in [7, 11) is 0. The van der Waals surface area contributed by atoms with Crippen molar-refractivity contribution in [2.24, 2.45) is 0 Å². The van der Waals surface area contributed by atoms with Crippen LogP contribution in [0.5, 0.6) is 11.5 Å². The normalized spacial score (nSPS) is 17.7. The van der Waals surface area contributed by atoms with Gasteiger partial charge in [-0.25, -0.2) is 0 Å². The molecule has 5 nitrogen and oxygen atoms in total. The maximum absolute atomic E-state index is 12.6. The summed E-state index contributed by atoms with van der Waals surface area (Å²) in [6.07, 6.45) is 6.15. The summed E-state index contributed by atoms with van der Waals surface area (Å²) in [5, 5.41) is 3.10. The molecule has 1 saturated carbocycles. The van der Waals surface area contributed by atoms with Crippen molar-refractivity contribution in [2.75, 3.05) is 19.8 Å². The van der Waals surface area contributed by atoms with E-state index in [4.69, 9.17) is 21.7 Å². The van der Waals surface area contributed by atoms with Gasteiger partial charge in [0.1, 0.15) is 17.9 Å². The number of benzene rings is 1. The monoisotopic (exact) mass is 370 g/mol. The van der Waals surface area contributed by atoms with Crippen molar-refractivity contribution in [1.82, 2.24) is 10.3 Å². The van der Waals surface area contributed by atoms with Gasteiger partial charge in [0.15, 0.2) is 11.5 Å². The highest BCUT2D eigenvalue weighted by Crippen LogP contribution is 2.43. The van der Waals surface area contributed by atoms with Gasteiger partial charge in [-0.2, -0.15) is 0 Å². The topological polar surface area (TPSA) is 63.4 Å². The Bertz CT molecular complexity index is 871. The number of ether oxygens (including phenoxy) is 2. The molecule has 1 fully saturated rings. The van der Waals surface area contributed by atoms with Crippen molar-refractivity contribution in [3.05, 3.63) is 52.3 Å². The first-order chi connectivity index (χ1) is 12.7. The van der Waals surface area contributed by atoms with Gasteiger partial charge in [0.25, 0.3) is 5.91 Å². The van der Waals surface area contributed by atoms with Crippen molar-refractivity contribution in [2.45, 2.75) is 31.1 Å². The molecule has 4 rings (SSSR count). The standard InChI is InChI=1S/C20H22N2O3S/c23-18(15-4-3-9-21-19(15)26)22-13-20(7-1-2-8-20)14-5-6-16-17(12-14)25-11-10-24-16/h3-6,9,12H,1-2,7-8,10-11,13H2,(H,21,26)(H,22,23). The van der Waals surface area contributed by atoms with Crippen molar-refractivity contribution >= 4 is 18.1 Å². The van der Waals surface area contributed by atoms with Crippen molar-refractivity contribution < 1.29 is 14.3 Å². The highest BCUT2D eigenvalue weighted by molar-refractivity contribution is 7.71. The fourth-order valence-electron chi connectivity index (χ4n) is 3.94. The van der Waals surface area contributed by atoms with E-state index in [9.17, 15) is 4.79 Å². The van der Waals surface area contributed by atoms with Crippen LogP contribution in [0.1, 0.15) is 41.6 Å². The van der Waals surface area contributed by atoms with Gasteiger partial charge in [0.05, 0.1) is 5.56 Å². The predicted octanol–water partition coefficient (Wildman–Crippen LogP) is 3.76. The molecule has 2 N–H and O–H groups in total. The van der Waals surface area contributed by atoms with E-state index in [2.05, 4.69) is 22.4 Å². The molecule has 1 aromatic heterocycles. The second-order valence-electron chi connectivity index (χ2n) is 6.94. The molecule has 0 atom stereocenters. The van der Waals surface area contributed by atoms with Crippen molar-refractivity contribution in [1.29, 1.82) is 0 Å². The van der Waals surface area contributed by atoms with Gasteiger partial charge < -0.3 is 19.8 Å². The van der Waals surface area contributed by atoms with Crippen LogP contribution in [0.3, 0.4) is 0 Å². The van der Waals surface area contributed by atoms with E-state index >= 15 is 0 Å². The number of fused-ring (bicyclic) bond motifs is 1. The van der Waals surface area contributed by atoms with Gasteiger partial charge in [-0.3, -0.25) is 4.79 Å². The third-order valence-electron chi connectivity index (χ3n) is 5.37.